The van der Waals surface area contributed by atoms with Gasteiger partial charge in [-0.3, -0.25) is 4.79 Å². The highest BCUT2D eigenvalue weighted by Gasteiger charge is 2.28. The number of hydrogen-bond donors (Lipinski definition) is 0. The van der Waals surface area contributed by atoms with Crippen molar-refractivity contribution >= 4 is 6.29 Å². The predicted octanol–water partition coefficient (Wildman–Crippen LogP) is 6.99. The van der Waals surface area contributed by atoms with E-state index in [1.54, 1.807) is 0 Å². The minimum absolute atomic E-state index is 0.117. The van der Waals surface area contributed by atoms with Gasteiger partial charge >= 0.3 is 0 Å². The molecule has 0 aromatic rings. The van der Waals surface area contributed by atoms with Crippen molar-refractivity contribution in [1.82, 2.24) is 0 Å². The number of carbonyl (C=O) groups excluding carboxylic acids is 1. The zero-order valence-corrected chi connectivity index (χ0v) is 15.0. The molecule has 1 heteroatoms. The molecule has 0 saturated carbocycles. The van der Waals surface area contributed by atoms with Gasteiger partial charge in [0.2, 0.25) is 6.29 Å². The van der Waals surface area contributed by atoms with Gasteiger partial charge in [-0.1, -0.05) is 97.8 Å². The standard InChI is InChI=1S/C20H39O/c1-4-7-10-11-12-13-14-15-18-20(19-21,16-8-5-2)17-9-6-3/h4-18H2,1-3H3. The van der Waals surface area contributed by atoms with Crippen molar-refractivity contribution in [3.63, 3.8) is 0 Å². The minimum Gasteiger partial charge on any atom is -0.290 e. The molecule has 0 bridgehead atoms. The third-order valence-corrected chi connectivity index (χ3v) is 4.74. The molecule has 0 atom stereocenters. The van der Waals surface area contributed by atoms with Gasteiger partial charge in [-0.2, -0.15) is 0 Å². The van der Waals surface area contributed by atoms with Crippen LogP contribution in [0.15, 0.2) is 0 Å². The molecule has 0 fully saturated rings. The largest absolute Gasteiger partial charge is 0.290 e. The quantitative estimate of drug-likeness (QED) is 0.280. The fourth-order valence-corrected chi connectivity index (χ4v) is 3.16. The van der Waals surface area contributed by atoms with Crippen LogP contribution in [-0.2, 0) is 4.79 Å². The van der Waals surface area contributed by atoms with Crippen LogP contribution in [0.1, 0.15) is 117 Å². The lowest BCUT2D eigenvalue weighted by molar-refractivity contribution is 0.283. The highest BCUT2D eigenvalue weighted by Crippen LogP contribution is 2.34. The van der Waals surface area contributed by atoms with Gasteiger partial charge in [0.05, 0.1) is 0 Å². The number of unbranched alkanes of at least 4 members (excludes halogenated alkanes) is 9. The van der Waals surface area contributed by atoms with Crippen molar-refractivity contribution < 1.29 is 4.79 Å². The molecule has 1 nitrogen and oxygen atoms in total. The summed E-state index contributed by atoms with van der Waals surface area (Å²) in [4.78, 5) is 11.6. The van der Waals surface area contributed by atoms with Crippen LogP contribution in [0.25, 0.3) is 0 Å². The van der Waals surface area contributed by atoms with Gasteiger partial charge in [-0.05, 0) is 19.3 Å². The van der Waals surface area contributed by atoms with E-state index < -0.39 is 0 Å². The second-order valence-corrected chi connectivity index (χ2v) is 6.81. The first kappa shape index (κ1) is 20.7. The van der Waals surface area contributed by atoms with Gasteiger partial charge in [0.1, 0.15) is 0 Å². The van der Waals surface area contributed by atoms with Crippen LogP contribution in [0.3, 0.4) is 0 Å². The summed E-state index contributed by atoms with van der Waals surface area (Å²) >= 11 is 0. The van der Waals surface area contributed by atoms with Crippen molar-refractivity contribution in [2.24, 2.45) is 5.41 Å². The van der Waals surface area contributed by atoms with Gasteiger partial charge in [0.15, 0.2) is 0 Å². The molecule has 0 aliphatic heterocycles. The summed E-state index contributed by atoms with van der Waals surface area (Å²) in [6.07, 6.45) is 21.1. The molecule has 125 valence electrons. The first-order chi connectivity index (χ1) is 10.2. The van der Waals surface area contributed by atoms with Crippen LogP contribution in [0, 0.1) is 5.41 Å². The molecule has 21 heavy (non-hydrogen) atoms. The average molecular weight is 296 g/mol. The molecule has 0 N–H and O–H groups in total. The van der Waals surface area contributed by atoms with Crippen molar-refractivity contribution in [2.45, 2.75) is 117 Å². The zero-order valence-electron chi connectivity index (χ0n) is 15.0. The molecule has 1 radical (unpaired) electrons. The average Bonchev–Trinajstić information content (AvgIpc) is 2.52. The molecule has 0 amide bonds. The Kier molecular flexibility index (Phi) is 14.4. The zero-order chi connectivity index (χ0) is 15.8. The van der Waals surface area contributed by atoms with Crippen LogP contribution in [0.5, 0.6) is 0 Å². The Hall–Kier alpha value is -0.330. The minimum atomic E-state index is -0.117. The van der Waals surface area contributed by atoms with Crippen molar-refractivity contribution in [2.75, 3.05) is 0 Å². The van der Waals surface area contributed by atoms with Gasteiger partial charge < -0.3 is 0 Å². The van der Waals surface area contributed by atoms with E-state index in [4.69, 9.17) is 0 Å². The summed E-state index contributed by atoms with van der Waals surface area (Å²) in [5.74, 6) is 0. The molecule has 0 heterocycles. The summed E-state index contributed by atoms with van der Waals surface area (Å²) in [6, 6.07) is 0. The Morgan fingerprint density at radius 3 is 1.38 bits per heavy atom. The lowest BCUT2D eigenvalue weighted by atomic mass is 9.75. The molecular formula is C20H39O. The Bertz CT molecular complexity index is 214. The maximum atomic E-state index is 11.6. The predicted molar refractivity (Wildman–Crippen MR) is 94.4 cm³/mol. The Morgan fingerprint density at radius 1 is 0.571 bits per heavy atom. The SMILES string of the molecule is CCCCCCCCCCC([C]=O)(CCCC)CCCC. The van der Waals surface area contributed by atoms with Crippen molar-refractivity contribution in [1.29, 1.82) is 0 Å². The molecule has 0 rings (SSSR count). The highest BCUT2D eigenvalue weighted by atomic mass is 16.1. The number of hydrogen-bond acceptors (Lipinski definition) is 1. The smallest absolute Gasteiger partial charge is 0.205 e. The van der Waals surface area contributed by atoms with Crippen molar-refractivity contribution in [3.05, 3.63) is 0 Å². The normalized spacial score (nSPS) is 11.8. The second-order valence-electron chi connectivity index (χ2n) is 6.81. The lowest BCUT2D eigenvalue weighted by Gasteiger charge is -2.27. The monoisotopic (exact) mass is 295 g/mol. The van der Waals surface area contributed by atoms with Crippen LogP contribution >= 0.6 is 0 Å². The first-order valence-electron chi connectivity index (χ1n) is 9.64. The van der Waals surface area contributed by atoms with Crippen LogP contribution in [0.2, 0.25) is 0 Å². The van der Waals surface area contributed by atoms with Gasteiger partial charge in [0.25, 0.3) is 0 Å². The number of rotatable bonds is 16. The van der Waals surface area contributed by atoms with E-state index >= 15 is 0 Å². The van der Waals surface area contributed by atoms with E-state index in [1.165, 1.54) is 77.0 Å². The summed E-state index contributed by atoms with van der Waals surface area (Å²) in [5.41, 5.74) is -0.117. The molecule has 0 aromatic carbocycles. The maximum absolute atomic E-state index is 11.6. The van der Waals surface area contributed by atoms with E-state index in [-0.39, 0.29) is 5.41 Å². The first-order valence-corrected chi connectivity index (χ1v) is 9.64. The molecule has 0 saturated heterocycles. The summed E-state index contributed by atoms with van der Waals surface area (Å²) in [5, 5.41) is 0. The van der Waals surface area contributed by atoms with Crippen LogP contribution in [-0.4, -0.2) is 6.29 Å². The van der Waals surface area contributed by atoms with E-state index in [9.17, 15) is 4.79 Å². The molecule has 0 aliphatic carbocycles. The highest BCUT2D eigenvalue weighted by molar-refractivity contribution is 5.60. The maximum Gasteiger partial charge on any atom is 0.205 e. The lowest BCUT2D eigenvalue weighted by Crippen LogP contribution is -2.22. The molecule has 0 aromatic heterocycles. The van der Waals surface area contributed by atoms with Crippen LogP contribution < -0.4 is 0 Å². The summed E-state index contributed by atoms with van der Waals surface area (Å²) in [6.45, 7) is 6.69. The fraction of sp³-hybridized carbons (Fsp3) is 0.950. The van der Waals surface area contributed by atoms with Gasteiger partial charge in [0, 0.05) is 5.41 Å². The second kappa shape index (κ2) is 14.6. The third kappa shape index (κ3) is 11.0. The van der Waals surface area contributed by atoms with Gasteiger partial charge in [-0.25, -0.2) is 0 Å². The topological polar surface area (TPSA) is 17.1 Å². The van der Waals surface area contributed by atoms with E-state index in [1.807, 2.05) is 0 Å². The van der Waals surface area contributed by atoms with Crippen LogP contribution in [0.4, 0.5) is 0 Å². The van der Waals surface area contributed by atoms with E-state index in [0.29, 0.717) is 0 Å². The summed E-state index contributed by atoms with van der Waals surface area (Å²) in [7, 11) is 0. The summed E-state index contributed by atoms with van der Waals surface area (Å²) < 4.78 is 0. The third-order valence-electron chi connectivity index (χ3n) is 4.74. The van der Waals surface area contributed by atoms with Gasteiger partial charge in [-0.15, -0.1) is 0 Å². The Balaban J connectivity index is 3.90. The van der Waals surface area contributed by atoms with E-state index in [0.717, 1.165) is 19.3 Å². The molecule has 0 unspecified atom stereocenters. The fourth-order valence-electron chi connectivity index (χ4n) is 3.16. The van der Waals surface area contributed by atoms with Crippen molar-refractivity contribution in [3.8, 4) is 0 Å². The molecule has 0 aliphatic rings. The molecule has 0 spiro atoms. The molecular weight excluding hydrogens is 256 g/mol. The Morgan fingerprint density at radius 2 is 0.952 bits per heavy atom. The Labute approximate surface area is 134 Å². The van der Waals surface area contributed by atoms with E-state index in [2.05, 4.69) is 27.1 Å².